The normalized spacial score (nSPS) is 17.9. The minimum Gasteiger partial charge on any atom is -0.506 e. The van der Waals surface area contributed by atoms with Gasteiger partial charge in [0.05, 0.1) is 9.40 Å². The fourth-order valence-electron chi connectivity index (χ4n) is 2.39. The van der Waals surface area contributed by atoms with E-state index in [0.717, 1.165) is 12.1 Å². The van der Waals surface area contributed by atoms with Crippen LogP contribution in [0.5, 0.6) is 5.75 Å². The van der Waals surface area contributed by atoms with E-state index < -0.39 is 17.4 Å². The Bertz CT molecular complexity index is 539. The van der Waals surface area contributed by atoms with Gasteiger partial charge in [0, 0.05) is 43.9 Å². The van der Waals surface area contributed by atoms with Crippen molar-refractivity contribution in [2.24, 2.45) is 0 Å². The standard InChI is InChI=1S/C12H14BrF2N3O3/c13-9-6-7(18(20)21)5-8(11(9)19)10(12(14)15)17-3-1-16-2-4-17/h5-6,10,12,16,19H,1-4H2/t10-/m0/s1. The molecule has 116 valence electrons. The van der Waals surface area contributed by atoms with Crippen molar-refractivity contribution in [1.82, 2.24) is 10.2 Å². The first-order chi connectivity index (χ1) is 9.91. The summed E-state index contributed by atoms with van der Waals surface area (Å²) < 4.78 is 26.9. The average Bonchev–Trinajstić information content (AvgIpc) is 2.44. The first-order valence-electron chi connectivity index (χ1n) is 6.31. The number of rotatable bonds is 4. The maximum atomic E-state index is 13.5. The number of phenols is 1. The van der Waals surface area contributed by atoms with Crippen molar-refractivity contribution in [2.45, 2.75) is 12.5 Å². The summed E-state index contributed by atoms with van der Waals surface area (Å²) in [5, 5.41) is 23.9. The average molecular weight is 366 g/mol. The summed E-state index contributed by atoms with van der Waals surface area (Å²) >= 11 is 2.98. The second-order valence-corrected chi connectivity index (χ2v) is 5.54. The number of nitro benzene ring substituents is 1. The lowest BCUT2D eigenvalue weighted by atomic mass is 10.0. The first kappa shape index (κ1) is 16.1. The van der Waals surface area contributed by atoms with Crippen molar-refractivity contribution in [3.8, 4) is 5.75 Å². The number of alkyl halides is 2. The lowest BCUT2D eigenvalue weighted by Crippen LogP contribution is -2.46. The molecule has 1 aromatic carbocycles. The smallest absolute Gasteiger partial charge is 0.271 e. The molecule has 0 aromatic heterocycles. The predicted molar refractivity (Wildman–Crippen MR) is 75.6 cm³/mol. The molecule has 6 nitrogen and oxygen atoms in total. The molecule has 9 heteroatoms. The summed E-state index contributed by atoms with van der Waals surface area (Å²) in [7, 11) is 0. The van der Waals surface area contributed by atoms with E-state index in [1.165, 1.54) is 4.90 Å². The Morgan fingerprint density at radius 1 is 1.38 bits per heavy atom. The van der Waals surface area contributed by atoms with Gasteiger partial charge in [0.25, 0.3) is 12.1 Å². The van der Waals surface area contributed by atoms with Crippen LogP contribution in [0.3, 0.4) is 0 Å². The lowest BCUT2D eigenvalue weighted by molar-refractivity contribution is -0.385. The quantitative estimate of drug-likeness (QED) is 0.632. The van der Waals surface area contributed by atoms with Gasteiger partial charge in [0.2, 0.25) is 0 Å². The number of hydrogen-bond donors (Lipinski definition) is 2. The van der Waals surface area contributed by atoms with Crippen molar-refractivity contribution in [3.63, 3.8) is 0 Å². The van der Waals surface area contributed by atoms with Crippen LogP contribution in [0.2, 0.25) is 0 Å². The zero-order valence-electron chi connectivity index (χ0n) is 10.9. The third-order valence-corrected chi connectivity index (χ3v) is 4.00. The molecule has 0 amide bonds. The van der Waals surface area contributed by atoms with Gasteiger partial charge in [0.1, 0.15) is 11.8 Å². The highest BCUT2D eigenvalue weighted by Crippen LogP contribution is 2.40. The number of nitrogens with zero attached hydrogens (tertiary/aromatic N) is 2. The van der Waals surface area contributed by atoms with Gasteiger partial charge < -0.3 is 10.4 Å². The molecular weight excluding hydrogens is 352 g/mol. The zero-order chi connectivity index (χ0) is 15.6. The molecule has 0 radical (unpaired) electrons. The van der Waals surface area contributed by atoms with E-state index in [0.29, 0.717) is 26.2 Å². The maximum absolute atomic E-state index is 13.5. The van der Waals surface area contributed by atoms with Crippen LogP contribution in [-0.2, 0) is 0 Å². The predicted octanol–water partition coefficient (Wildman–Crippen LogP) is 2.27. The van der Waals surface area contributed by atoms with Crippen LogP contribution in [0.1, 0.15) is 11.6 Å². The van der Waals surface area contributed by atoms with E-state index in [9.17, 15) is 24.0 Å². The maximum Gasteiger partial charge on any atom is 0.271 e. The van der Waals surface area contributed by atoms with Crippen LogP contribution in [0.4, 0.5) is 14.5 Å². The van der Waals surface area contributed by atoms with E-state index >= 15 is 0 Å². The summed E-state index contributed by atoms with van der Waals surface area (Å²) in [5.41, 5.74) is -0.469. The Morgan fingerprint density at radius 2 is 2.00 bits per heavy atom. The fraction of sp³-hybridized carbons (Fsp3) is 0.500. The number of hydrogen-bond acceptors (Lipinski definition) is 5. The summed E-state index contributed by atoms with van der Waals surface area (Å²) in [4.78, 5) is 11.7. The zero-order valence-corrected chi connectivity index (χ0v) is 12.5. The SMILES string of the molecule is O=[N+]([O-])c1cc(Br)c(O)c([C@@H](C(F)F)N2CCNCC2)c1. The monoisotopic (exact) mass is 365 g/mol. The molecule has 2 N–H and O–H groups in total. The highest BCUT2D eigenvalue weighted by molar-refractivity contribution is 9.10. The van der Waals surface area contributed by atoms with Crippen molar-refractivity contribution < 1.29 is 18.8 Å². The van der Waals surface area contributed by atoms with Crippen LogP contribution >= 0.6 is 15.9 Å². The Hall–Kier alpha value is -1.32. The van der Waals surface area contributed by atoms with Crippen LogP contribution in [0.15, 0.2) is 16.6 Å². The van der Waals surface area contributed by atoms with Crippen LogP contribution in [-0.4, -0.2) is 47.5 Å². The van der Waals surface area contributed by atoms with E-state index in [-0.39, 0.29) is 21.5 Å². The molecule has 1 aromatic rings. The molecule has 1 atom stereocenters. The molecule has 0 bridgehead atoms. The Morgan fingerprint density at radius 3 is 2.52 bits per heavy atom. The summed E-state index contributed by atoms with van der Waals surface area (Å²) in [6.45, 7) is 1.88. The largest absolute Gasteiger partial charge is 0.506 e. The minimum absolute atomic E-state index is 0.0347. The van der Waals surface area contributed by atoms with Gasteiger partial charge in [-0.2, -0.15) is 0 Å². The van der Waals surface area contributed by atoms with Gasteiger partial charge in [-0.15, -0.1) is 0 Å². The number of nitrogens with one attached hydrogen (secondary N) is 1. The number of halogens is 3. The van der Waals surface area contributed by atoms with Gasteiger partial charge >= 0.3 is 0 Å². The minimum atomic E-state index is -2.76. The number of aromatic hydroxyl groups is 1. The van der Waals surface area contributed by atoms with Gasteiger partial charge in [-0.25, -0.2) is 8.78 Å². The van der Waals surface area contributed by atoms with Crippen molar-refractivity contribution in [3.05, 3.63) is 32.3 Å². The molecule has 0 aliphatic carbocycles. The molecule has 1 saturated heterocycles. The highest BCUT2D eigenvalue weighted by atomic mass is 79.9. The Kier molecular flexibility index (Phi) is 5.07. The number of phenolic OH excluding ortho intramolecular Hbond substituents is 1. The Balaban J connectivity index is 2.46. The molecule has 0 saturated carbocycles. The summed E-state index contributed by atoms with van der Waals surface area (Å²) in [5.74, 6) is -0.385. The third-order valence-electron chi connectivity index (χ3n) is 3.39. The number of piperazine rings is 1. The van der Waals surface area contributed by atoms with Crippen LogP contribution in [0.25, 0.3) is 0 Å². The first-order valence-corrected chi connectivity index (χ1v) is 7.11. The van der Waals surface area contributed by atoms with E-state index in [4.69, 9.17) is 0 Å². The highest BCUT2D eigenvalue weighted by Gasteiger charge is 2.34. The van der Waals surface area contributed by atoms with Gasteiger partial charge in [-0.05, 0) is 15.9 Å². The molecule has 1 heterocycles. The molecule has 1 fully saturated rings. The van der Waals surface area contributed by atoms with Crippen molar-refractivity contribution in [1.29, 1.82) is 0 Å². The molecule has 1 aliphatic rings. The number of benzene rings is 1. The molecule has 0 unspecified atom stereocenters. The summed E-state index contributed by atoms with van der Waals surface area (Å²) in [6, 6.07) is 0.737. The van der Waals surface area contributed by atoms with Gasteiger partial charge in [0.15, 0.2) is 0 Å². The Labute approximate surface area is 128 Å². The molecule has 1 aliphatic heterocycles. The second-order valence-electron chi connectivity index (χ2n) is 4.69. The third kappa shape index (κ3) is 3.47. The summed E-state index contributed by atoms with van der Waals surface area (Å²) in [6.07, 6.45) is -2.76. The molecular formula is C12H14BrF2N3O3. The van der Waals surface area contributed by atoms with E-state index in [2.05, 4.69) is 21.2 Å². The second kappa shape index (κ2) is 6.63. The van der Waals surface area contributed by atoms with E-state index in [1.807, 2.05) is 0 Å². The number of non-ortho nitro benzene ring substituents is 1. The molecule has 21 heavy (non-hydrogen) atoms. The van der Waals surface area contributed by atoms with E-state index in [1.54, 1.807) is 0 Å². The van der Waals surface area contributed by atoms with Crippen LogP contribution < -0.4 is 5.32 Å². The van der Waals surface area contributed by atoms with Crippen LogP contribution in [0, 0.1) is 10.1 Å². The molecule has 2 rings (SSSR count). The lowest BCUT2D eigenvalue weighted by Gasteiger charge is -2.34. The topological polar surface area (TPSA) is 78.6 Å². The van der Waals surface area contributed by atoms with Gasteiger partial charge in [-0.3, -0.25) is 15.0 Å². The van der Waals surface area contributed by atoms with Crippen molar-refractivity contribution in [2.75, 3.05) is 26.2 Å². The fourth-order valence-corrected chi connectivity index (χ4v) is 2.85. The van der Waals surface area contributed by atoms with Crippen molar-refractivity contribution >= 4 is 21.6 Å². The van der Waals surface area contributed by atoms with Gasteiger partial charge in [-0.1, -0.05) is 0 Å². The number of nitro groups is 1. The molecule has 0 spiro atoms.